The molecule has 0 saturated carbocycles. The number of nitrogens with one attached hydrogen (secondary N) is 2. The van der Waals surface area contributed by atoms with Gasteiger partial charge in [0.15, 0.2) is 0 Å². The molecule has 0 bridgehead atoms. The Labute approximate surface area is 104 Å². The summed E-state index contributed by atoms with van der Waals surface area (Å²) in [6.45, 7) is 2.52. The van der Waals surface area contributed by atoms with Crippen LogP contribution in [0.1, 0.15) is 6.92 Å². The third-order valence-electron chi connectivity index (χ3n) is 2.66. The number of nitrogen functional groups attached to an aromatic ring is 1. The number of hydrogen-bond donors (Lipinski definition) is 4. The van der Waals surface area contributed by atoms with Crippen molar-refractivity contribution in [2.45, 2.75) is 6.92 Å². The Balaban J connectivity index is 2.32. The molecule has 6 nitrogen and oxygen atoms in total. The van der Waals surface area contributed by atoms with Gasteiger partial charge in [-0.3, -0.25) is 9.78 Å². The van der Waals surface area contributed by atoms with Crippen LogP contribution in [0.25, 0.3) is 10.9 Å². The van der Waals surface area contributed by atoms with Gasteiger partial charge >= 0.3 is 0 Å². The number of anilines is 2. The number of hydrogen-bond acceptors (Lipinski definition) is 5. The predicted octanol–water partition coefficient (Wildman–Crippen LogP) is 0.546. The molecular formula is C12H16N4O2. The molecule has 6 heteroatoms. The Morgan fingerprint density at radius 2 is 2.33 bits per heavy atom. The molecule has 5 N–H and O–H groups in total. The summed E-state index contributed by atoms with van der Waals surface area (Å²) in [4.78, 5) is 18.7. The first-order valence-corrected chi connectivity index (χ1v) is 5.74. The van der Waals surface area contributed by atoms with Crippen LogP contribution in [0.4, 0.5) is 11.6 Å². The Morgan fingerprint density at radius 1 is 1.56 bits per heavy atom. The Bertz CT molecular complexity index is 609. The Morgan fingerprint density at radius 3 is 3.06 bits per heavy atom. The fourth-order valence-corrected chi connectivity index (χ4v) is 1.58. The summed E-state index contributed by atoms with van der Waals surface area (Å²) in [5, 5.41) is 12.4. The van der Waals surface area contributed by atoms with Gasteiger partial charge in [0.1, 0.15) is 0 Å². The van der Waals surface area contributed by atoms with Gasteiger partial charge in [0.2, 0.25) is 5.95 Å². The van der Waals surface area contributed by atoms with Crippen LogP contribution in [-0.4, -0.2) is 28.2 Å². The lowest BCUT2D eigenvalue weighted by atomic mass is 10.2. The van der Waals surface area contributed by atoms with E-state index in [0.29, 0.717) is 29.1 Å². The normalized spacial score (nSPS) is 12.6. The van der Waals surface area contributed by atoms with E-state index in [9.17, 15) is 4.79 Å². The first-order chi connectivity index (χ1) is 8.60. The van der Waals surface area contributed by atoms with Gasteiger partial charge in [0, 0.05) is 18.8 Å². The maximum atomic E-state index is 11.8. The van der Waals surface area contributed by atoms with Gasteiger partial charge in [0.05, 0.1) is 10.9 Å². The fraction of sp³-hybridized carbons (Fsp3) is 0.333. The second-order valence-corrected chi connectivity index (χ2v) is 4.36. The van der Waals surface area contributed by atoms with Crippen LogP contribution in [0.3, 0.4) is 0 Å². The average molecular weight is 248 g/mol. The number of fused-ring (bicyclic) bond motifs is 1. The number of aromatic nitrogens is 2. The van der Waals surface area contributed by atoms with E-state index >= 15 is 0 Å². The summed E-state index contributed by atoms with van der Waals surface area (Å²) >= 11 is 0. The molecule has 1 unspecified atom stereocenters. The second kappa shape index (κ2) is 5.05. The molecule has 0 fully saturated rings. The molecule has 1 atom stereocenters. The minimum absolute atomic E-state index is 0.0847. The number of aliphatic hydroxyl groups is 1. The highest BCUT2D eigenvalue weighted by Crippen LogP contribution is 2.12. The van der Waals surface area contributed by atoms with Gasteiger partial charge in [-0.25, -0.2) is 4.98 Å². The van der Waals surface area contributed by atoms with E-state index in [-0.39, 0.29) is 18.1 Å². The Kier molecular flexibility index (Phi) is 3.47. The largest absolute Gasteiger partial charge is 0.399 e. The topological polar surface area (TPSA) is 104 Å². The highest BCUT2D eigenvalue weighted by Gasteiger charge is 2.05. The highest BCUT2D eigenvalue weighted by molar-refractivity contribution is 5.81. The van der Waals surface area contributed by atoms with E-state index in [0.717, 1.165) is 0 Å². The number of H-pyrrole nitrogens is 1. The van der Waals surface area contributed by atoms with Crippen LogP contribution >= 0.6 is 0 Å². The van der Waals surface area contributed by atoms with Crippen molar-refractivity contribution in [3.63, 3.8) is 0 Å². The lowest BCUT2D eigenvalue weighted by Gasteiger charge is -2.10. The third kappa shape index (κ3) is 2.60. The molecule has 18 heavy (non-hydrogen) atoms. The van der Waals surface area contributed by atoms with Crippen LogP contribution in [0, 0.1) is 5.92 Å². The van der Waals surface area contributed by atoms with Crippen molar-refractivity contribution in [2.75, 3.05) is 24.2 Å². The number of nitrogens with two attached hydrogens (primary N) is 1. The first-order valence-electron chi connectivity index (χ1n) is 5.74. The van der Waals surface area contributed by atoms with Crippen LogP contribution in [0.5, 0.6) is 0 Å². The minimum Gasteiger partial charge on any atom is -0.399 e. The molecule has 0 aliphatic heterocycles. The summed E-state index contributed by atoms with van der Waals surface area (Å²) < 4.78 is 0. The highest BCUT2D eigenvalue weighted by atomic mass is 16.3. The summed E-state index contributed by atoms with van der Waals surface area (Å²) in [6, 6.07) is 5.01. The monoisotopic (exact) mass is 248 g/mol. The Hall–Kier alpha value is -2.08. The summed E-state index contributed by atoms with van der Waals surface area (Å²) in [5.74, 6) is 0.495. The van der Waals surface area contributed by atoms with E-state index in [1.165, 1.54) is 0 Å². The molecule has 96 valence electrons. The zero-order valence-corrected chi connectivity index (χ0v) is 10.1. The molecule has 1 aromatic carbocycles. The molecule has 0 saturated heterocycles. The molecule has 0 radical (unpaired) electrons. The maximum absolute atomic E-state index is 11.8. The molecular weight excluding hydrogens is 232 g/mol. The quantitative estimate of drug-likeness (QED) is 0.591. The second-order valence-electron chi connectivity index (χ2n) is 4.36. The van der Waals surface area contributed by atoms with Crippen LogP contribution in [0.2, 0.25) is 0 Å². The van der Waals surface area contributed by atoms with Gasteiger partial charge in [-0.05, 0) is 24.1 Å². The summed E-state index contributed by atoms with van der Waals surface area (Å²) in [6.07, 6.45) is 0. The van der Waals surface area contributed by atoms with Crippen molar-refractivity contribution in [3.8, 4) is 0 Å². The molecule has 2 aromatic rings. The molecule has 0 amide bonds. The van der Waals surface area contributed by atoms with Gasteiger partial charge in [-0.1, -0.05) is 6.92 Å². The lowest BCUT2D eigenvalue weighted by molar-refractivity contribution is 0.244. The minimum atomic E-state index is -0.230. The summed E-state index contributed by atoms with van der Waals surface area (Å²) in [7, 11) is 0. The van der Waals surface area contributed by atoms with Crippen molar-refractivity contribution in [3.05, 3.63) is 28.6 Å². The van der Waals surface area contributed by atoms with E-state index in [1.807, 2.05) is 6.92 Å². The number of benzene rings is 1. The standard InChI is InChI=1S/C12H16N4O2/c1-7(6-17)5-14-12-15-10-3-2-8(13)4-9(10)11(18)16-12/h2-4,7,17H,5-6,13H2,1H3,(H2,14,15,16,18). The number of aromatic amines is 1. The molecule has 1 aromatic heterocycles. The van der Waals surface area contributed by atoms with Crippen LogP contribution in [-0.2, 0) is 0 Å². The van der Waals surface area contributed by atoms with Crippen molar-refractivity contribution < 1.29 is 5.11 Å². The van der Waals surface area contributed by atoms with Gasteiger partial charge < -0.3 is 16.2 Å². The smallest absolute Gasteiger partial charge is 0.260 e. The first kappa shape index (κ1) is 12.4. The van der Waals surface area contributed by atoms with Crippen LogP contribution in [0.15, 0.2) is 23.0 Å². The zero-order chi connectivity index (χ0) is 13.1. The number of aliphatic hydroxyl groups excluding tert-OH is 1. The van der Waals surface area contributed by atoms with Crippen LogP contribution < -0.4 is 16.6 Å². The molecule has 2 rings (SSSR count). The van der Waals surface area contributed by atoms with E-state index < -0.39 is 0 Å². The van der Waals surface area contributed by atoms with E-state index in [2.05, 4.69) is 15.3 Å². The number of rotatable bonds is 4. The SMILES string of the molecule is CC(CO)CNc1nc2ccc(N)cc2c(=O)[nH]1. The van der Waals surface area contributed by atoms with E-state index in [4.69, 9.17) is 10.8 Å². The van der Waals surface area contributed by atoms with E-state index in [1.54, 1.807) is 18.2 Å². The number of nitrogens with zero attached hydrogens (tertiary/aromatic N) is 1. The summed E-state index contributed by atoms with van der Waals surface area (Å²) in [5.41, 5.74) is 6.51. The molecule has 1 heterocycles. The van der Waals surface area contributed by atoms with Crippen molar-refractivity contribution in [2.24, 2.45) is 5.92 Å². The lowest BCUT2D eigenvalue weighted by Crippen LogP contribution is -2.19. The zero-order valence-electron chi connectivity index (χ0n) is 10.1. The van der Waals surface area contributed by atoms with Crippen molar-refractivity contribution in [1.82, 2.24) is 9.97 Å². The third-order valence-corrected chi connectivity index (χ3v) is 2.66. The van der Waals surface area contributed by atoms with Crippen molar-refractivity contribution in [1.29, 1.82) is 0 Å². The van der Waals surface area contributed by atoms with Crippen molar-refractivity contribution >= 4 is 22.5 Å². The molecule has 0 aliphatic rings. The predicted molar refractivity (Wildman–Crippen MR) is 71.5 cm³/mol. The molecule has 0 spiro atoms. The van der Waals surface area contributed by atoms with Gasteiger partial charge in [0.25, 0.3) is 5.56 Å². The average Bonchev–Trinajstić information content (AvgIpc) is 2.37. The maximum Gasteiger partial charge on any atom is 0.260 e. The molecule has 0 aliphatic carbocycles. The van der Waals surface area contributed by atoms with Gasteiger partial charge in [-0.15, -0.1) is 0 Å². The van der Waals surface area contributed by atoms with Gasteiger partial charge in [-0.2, -0.15) is 0 Å². The fourth-order valence-electron chi connectivity index (χ4n) is 1.58.